The van der Waals surface area contributed by atoms with E-state index in [2.05, 4.69) is 10.6 Å². The number of aliphatic hydroxyl groups is 1. The molecule has 21 heavy (non-hydrogen) atoms. The van der Waals surface area contributed by atoms with Gasteiger partial charge in [-0.1, -0.05) is 42.8 Å². The molecule has 0 aromatic heterocycles. The van der Waals surface area contributed by atoms with Crippen molar-refractivity contribution in [3.63, 3.8) is 0 Å². The fourth-order valence-corrected chi connectivity index (χ4v) is 2.98. The third-order valence-electron chi connectivity index (χ3n) is 4.18. The zero-order valence-electron chi connectivity index (χ0n) is 11.9. The molecule has 2 amide bonds. The average Bonchev–Trinajstić information content (AvgIpc) is 2.91. The summed E-state index contributed by atoms with van der Waals surface area (Å²) in [6.45, 7) is 0.526. The zero-order valence-corrected chi connectivity index (χ0v) is 11.9. The largest absolute Gasteiger partial charge is 0.393 e. The predicted octanol–water partition coefficient (Wildman–Crippen LogP) is 3.12. The summed E-state index contributed by atoms with van der Waals surface area (Å²) in [5.74, 6) is 0.184. The van der Waals surface area contributed by atoms with Crippen LogP contribution in [0.4, 0.5) is 10.5 Å². The molecule has 0 saturated heterocycles. The van der Waals surface area contributed by atoms with Crippen molar-refractivity contribution < 1.29 is 9.90 Å². The molecule has 0 spiro atoms. The maximum Gasteiger partial charge on any atom is 0.319 e. The van der Waals surface area contributed by atoms with Gasteiger partial charge in [-0.25, -0.2) is 4.79 Å². The molecular weight excluding hydrogens is 264 g/mol. The summed E-state index contributed by atoms with van der Waals surface area (Å²) in [7, 11) is 0. The van der Waals surface area contributed by atoms with Crippen LogP contribution in [0.3, 0.4) is 0 Å². The van der Waals surface area contributed by atoms with Crippen molar-refractivity contribution >= 4 is 22.5 Å². The number of hydrogen-bond acceptors (Lipinski definition) is 2. The second-order valence-electron chi connectivity index (χ2n) is 5.62. The number of carbonyl (C=O) groups excluding carboxylic acids is 1. The molecule has 1 aliphatic carbocycles. The topological polar surface area (TPSA) is 61.4 Å². The van der Waals surface area contributed by atoms with Crippen molar-refractivity contribution in [1.82, 2.24) is 5.32 Å². The molecule has 1 saturated carbocycles. The van der Waals surface area contributed by atoms with Crippen LogP contribution >= 0.6 is 0 Å². The van der Waals surface area contributed by atoms with Gasteiger partial charge < -0.3 is 15.7 Å². The first-order chi connectivity index (χ1) is 10.2. The monoisotopic (exact) mass is 284 g/mol. The first-order valence-electron chi connectivity index (χ1n) is 7.45. The van der Waals surface area contributed by atoms with Gasteiger partial charge in [0.25, 0.3) is 0 Å². The normalized spacial score (nSPS) is 21.4. The van der Waals surface area contributed by atoms with Crippen molar-refractivity contribution in [3.05, 3.63) is 42.5 Å². The van der Waals surface area contributed by atoms with E-state index < -0.39 is 0 Å². The molecule has 2 unspecified atom stereocenters. The highest BCUT2D eigenvalue weighted by molar-refractivity contribution is 6.01. The number of hydrogen-bond donors (Lipinski definition) is 3. The lowest BCUT2D eigenvalue weighted by atomic mass is 10.1. The molecule has 1 fully saturated rings. The second-order valence-corrected chi connectivity index (χ2v) is 5.62. The van der Waals surface area contributed by atoms with Crippen LogP contribution in [0.15, 0.2) is 42.5 Å². The van der Waals surface area contributed by atoms with Gasteiger partial charge in [0, 0.05) is 17.8 Å². The lowest BCUT2D eigenvalue weighted by molar-refractivity contribution is 0.133. The standard InChI is InChI=1S/C17H20N2O2/c20-16-10-4-7-13(16)11-18-17(21)19-15-9-3-6-12-5-1-2-8-14(12)15/h1-3,5-6,8-9,13,16,20H,4,7,10-11H2,(H2,18,19,21). The smallest absolute Gasteiger partial charge is 0.319 e. The van der Waals surface area contributed by atoms with Gasteiger partial charge in [-0.2, -0.15) is 0 Å². The number of benzene rings is 2. The molecule has 110 valence electrons. The summed E-state index contributed by atoms with van der Waals surface area (Å²) in [5.41, 5.74) is 0.803. The van der Waals surface area contributed by atoms with E-state index in [1.54, 1.807) is 0 Å². The molecule has 2 atom stereocenters. The SMILES string of the molecule is O=C(NCC1CCCC1O)Nc1cccc2ccccc12. The number of carbonyl (C=O) groups is 1. The average molecular weight is 284 g/mol. The Kier molecular flexibility index (Phi) is 4.06. The molecule has 3 rings (SSSR count). The van der Waals surface area contributed by atoms with Gasteiger partial charge in [-0.3, -0.25) is 0 Å². The lowest BCUT2D eigenvalue weighted by Gasteiger charge is -2.16. The van der Waals surface area contributed by atoms with Crippen molar-refractivity contribution in [3.8, 4) is 0 Å². The maximum atomic E-state index is 12.0. The molecule has 0 aliphatic heterocycles. The molecule has 0 bridgehead atoms. The Balaban J connectivity index is 1.63. The van der Waals surface area contributed by atoms with E-state index in [4.69, 9.17) is 0 Å². The molecule has 0 heterocycles. The van der Waals surface area contributed by atoms with E-state index in [1.807, 2.05) is 42.5 Å². The maximum absolute atomic E-state index is 12.0. The van der Waals surface area contributed by atoms with Gasteiger partial charge >= 0.3 is 6.03 Å². The van der Waals surface area contributed by atoms with Gasteiger partial charge in [0.05, 0.1) is 11.8 Å². The Morgan fingerprint density at radius 1 is 1.14 bits per heavy atom. The lowest BCUT2D eigenvalue weighted by Crippen LogP contribution is -2.35. The minimum atomic E-state index is -0.275. The van der Waals surface area contributed by atoms with E-state index >= 15 is 0 Å². The van der Waals surface area contributed by atoms with Gasteiger partial charge in [-0.15, -0.1) is 0 Å². The molecule has 4 heteroatoms. The highest BCUT2D eigenvalue weighted by Gasteiger charge is 2.25. The second kappa shape index (κ2) is 6.14. The van der Waals surface area contributed by atoms with E-state index in [0.29, 0.717) is 6.54 Å². The minimum Gasteiger partial charge on any atom is -0.393 e. The van der Waals surface area contributed by atoms with Crippen molar-refractivity contribution in [2.75, 3.05) is 11.9 Å². The summed E-state index contributed by atoms with van der Waals surface area (Å²) >= 11 is 0. The van der Waals surface area contributed by atoms with Crippen LogP contribution in [0.5, 0.6) is 0 Å². The van der Waals surface area contributed by atoms with Crippen LogP contribution < -0.4 is 10.6 Å². The van der Waals surface area contributed by atoms with Crippen molar-refractivity contribution in [1.29, 1.82) is 0 Å². The van der Waals surface area contributed by atoms with Crippen molar-refractivity contribution in [2.24, 2.45) is 5.92 Å². The van der Waals surface area contributed by atoms with Crippen molar-refractivity contribution in [2.45, 2.75) is 25.4 Å². The Hall–Kier alpha value is -2.07. The number of urea groups is 1. The number of fused-ring (bicyclic) bond motifs is 1. The van der Waals surface area contributed by atoms with E-state index in [-0.39, 0.29) is 18.1 Å². The molecule has 2 aromatic rings. The quantitative estimate of drug-likeness (QED) is 0.811. The summed E-state index contributed by atoms with van der Waals surface area (Å²) in [6, 6.07) is 13.6. The van der Waals surface area contributed by atoms with Gasteiger partial charge in [0.1, 0.15) is 0 Å². The van der Waals surface area contributed by atoms with Crippen LogP contribution in [-0.2, 0) is 0 Å². The summed E-state index contributed by atoms with van der Waals surface area (Å²) in [6.07, 6.45) is 2.59. The Labute approximate surface area is 124 Å². The fraction of sp³-hybridized carbons (Fsp3) is 0.353. The van der Waals surface area contributed by atoms with Gasteiger partial charge in [0.15, 0.2) is 0 Å². The van der Waals surface area contributed by atoms with Crippen LogP contribution in [0.1, 0.15) is 19.3 Å². The molecule has 2 aromatic carbocycles. The fourth-order valence-electron chi connectivity index (χ4n) is 2.98. The highest BCUT2D eigenvalue weighted by Crippen LogP contribution is 2.25. The van der Waals surface area contributed by atoms with Crippen LogP contribution in [-0.4, -0.2) is 23.8 Å². The molecule has 1 aliphatic rings. The number of nitrogens with one attached hydrogen (secondary N) is 2. The summed E-state index contributed by atoms with van der Waals surface area (Å²) in [5, 5.41) is 17.6. The minimum absolute atomic E-state index is 0.184. The third-order valence-corrected chi connectivity index (χ3v) is 4.18. The van der Waals surface area contributed by atoms with E-state index in [1.165, 1.54) is 0 Å². The van der Waals surface area contributed by atoms with Crippen LogP contribution in [0.2, 0.25) is 0 Å². The molecule has 4 nitrogen and oxygen atoms in total. The molecule has 0 radical (unpaired) electrons. The van der Waals surface area contributed by atoms with Crippen LogP contribution in [0.25, 0.3) is 10.8 Å². The van der Waals surface area contributed by atoms with E-state index in [0.717, 1.165) is 35.7 Å². The number of rotatable bonds is 3. The van der Waals surface area contributed by atoms with Gasteiger partial charge in [-0.05, 0) is 24.3 Å². The zero-order chi connectivity index (χ0) is 14.7. The number of anilines is 1. The Bertz CT molecular complexity index is 636. The van der Waals surface area contributed by atoms with E-state index in [9.17, 15) is 9.90 Å². The highest BCUT2D eigenvalue weighted by atomic mass is 16.3. The molecule has 3 N–H and O–H groups in total. The molecular formula is C17H20N2O2. The first kappa shape index (κ1) is 13.9. The summed E-state index contributed by atoms with van der Waals surface area (Å²) in [4.78, 5) is 12.0. The Morgan fingerprint density at radius 2 is 1.95 bits per heavy atom. The third kappa shape index (κ3) is 3.16. The Morgan fingerprint density at radius 3 is 2.76 bits per heavy atom. The van der Waals surface area contributed by atoms with Crippen LogP contribution in [0, 0.1) is 5.92 Å². The first-order valence-corrected chi connectivity index (χ1v) is 7.45. The number of amides is 2. The summed E-state index contributed by atoms with van der Waals surface area (Å²) < 4.78 is 0. The number of aliphatic hydroxyl groups excluding tert-OH is 1. The van der Waals surface area contributed by atoms with Gasteiger partial charge in [0.2, 0.25) is 0 Å². The predicted molar refractivity (Wildman–Crippen MR) is 84.3 cm³/mol.